The van der Waals surface area contributed by atoms with Gasteiger partial charge in [-0.1, -0.05) is 12.1 Å². The average Bonchev–Trinajstić information content (AvgIpc) is 2.81. The van der Waals surface area contributed by atoms with E-state index < -0.39 is 5.97 Å². The van der Waals surface area contributed by atoms with Crippen LogP contribution in [0.15, 0.2) is 45.5 Å². The Morgan fingerprint density at radius 3 is 2.32 bits per heavy atom. The minimum absolute atomic E-state index is 0.182. The molecule has 0 amide bonds. The predicted molar refractivity (Wildman–Crippen MR) is 73.3 cm³/mol. The highest BCUT2D eigenvalue weighted by Gasteiger charge is 2.06. The largest absolute Gasteiger partial charge is 0.478 e. The summed E-state index contributed by atoms with van der Waals surface area (Å²) in [5.74, 6) is -0.449. The van der Waals surface area contributed by atoms with Crippen molar-refractivity contribution in [1.82, 2.24) is 0 Å². The smallest absolute Gasteiger partial charge is 0.335 e. The van der Waals surface area contributed by atoms with Crippen LogP contribution in [-0.4, -0.2) is 11.1 Å². The molecular weight excluding hydrogens is 310 g/mol. The topological polar surface area (TPSA) is 74.2 Å². The zero-order chi connectivity index (χ0) is 13.8. The third-order valence-electron chi connectivity index (χ3n) is 2.44. The summed E-state index contributed by atoms with van der Waals surface area (Å²) in [7, 11) is 0. The Balaban J connectivity index is 2.35. The summed E-state index contributed by atoms with van der Waals surface area (Å²) in [5.41, 5.74) is 1.22. The van der Waals surface area contributed by atoms with Crippen molar-refractivity contribution < 1.29 is 14.3 Å². The van der Waals surface area contributed by atoms with E-state index >= 15 is 0 Å². The van der Waals surface area contributed by atoms with Crippen molar-refractivity contribution in [3.63, 3.8) is 0 Å². The van der Waals surface area contributed by atoms with Crippen molar-refractivity contribution >= 4 is 33.5 Å². The second-order valence-corrected chi connectivity index (χ2v) is 4.48. The molecule has 0 aliphatic heterocycles. The van der Waals surface area contributed by atoms with Gasteiger partial charge in [0.1, 0.15) is 5.76 Å². The fourth-order valence-corrected chi connectivity index (χ4v) is 1.84. The molecule has 1 heterocycles. The van der Waals surface area contributed by atoms with E-state index in [1.807, 2.05) is 0 Å². The number of carboxylic acid groups (broad SMARTS) is 1. The van der Waals surface area contributed by atoms with Crippen LogP contribution >= 0.6 is 15.9 Å². The molecule has 0 radical (unpaired) electrons. The molecule has 0 saturated carbocycles. The SMILES string of the molecule is N#C/C(=C/c1ccc(Br)o1)c1ccc(C(=O)O)cc1. The van der Waals surface area contributed by atoms with Crippen molar-refractivity contribution in [3.8, 4) is 6.07 Å². The average molecular weight is 318 g/mol. The quantitative estimate of drug-likeness (QED) is 0.873. The number of carboxylic acids is 1. The summed E-state index contributed by atoms with van der Waals surface area (Å²) in [5, 5.41) is 17.9. The van der Waals surface area contributed by atoms with E-state index in [-0.39, 0.29) is 5.56 Å². The van der Waals surface area contributed by atoms with Gasteiger partial charge in [-0.25, -0.2) is 4.79 Å². The number of hydrogen-bond acceptors (Lipinski definition) is 3. The molecule has 0 spiro atoms. The van der Waals surface area contributed by atoms with Gasteiger partial charge >= 0.3 is 5.97 Å². The Morgan fingerprint density at radius 2 is 1.84 bits per heavy atom. The second-order valence-electron chi connectivity index (χ2n) is 3.69. The first-order valence-corrected chi connectivity index (χ1v) is 6.10. The number of hydrogen-bond donors (Lipinski definition) is 1. The van der Waals surface area contributed by atoms with Crippen LogP contribution in [0.3, 0.4) is 0 Å². The molecule has 1 aromatic heterocycles. The molecule has 1 aromatic carbocycles. The van der Waals surface area contributed by atoms with Crippen LogP contribution < -0.4 is 0 Å². The molecule has 0 atom stereocenters. The lowest BCUT2D eigenvalue weighted by molar-refractivity contribution is 0.0697. The van der Waals surface area contributed by atoms with Gasteiger partial charge in [-0.2, -0.15) is 5.26 Å². The standard InChI is InChI=1S/C14H8BrNO3/c15-13-6-5-12(19-13)7-11(8-16)9-1-3-10(4-2-9)14(17)18/h1-7H,(H,17,18)/b11-7-. The molecule has 0 aliphatic carbocycles. The summed E-state index contributed by atoms with van der Waals surface area (Å²) >= 11 is 3.18. The van der Waals surface area contributed by atoms with Crippen molar-refractivity contribution in [1.29, 1.82) is 5.26 Å². The van der Waals surface area contributed by atoms with Gasteiger partial charge in [0.25, 0.3) is 0 Å². The molecule has 94 valence electrons. The minimum atomic E-state index is -0.996. The maximum atomic E-state index is 10.7. The highest BCUT2D eigenvalue weighted by molar-refractivity contribution is 9.10. The molecule has 0 saturated heterocycles. The number of benzene rings is 1. The van der Waals surface area contributed by atoms with Crippen LogP contribution in [0.1, 0.15) is 21.7 Å². The Morgan fingerprint density at radius 1 is 1.21 bits per heavy atom. The van der Waals surface area contributed by atoms with Gasteiger partial charge in [0.2, 0.25) is 0 Å². The van der Waals surface area contributed by atoms with Crippen molar-refractivity contribution in [3.05, 3.63) is 58.0 Å². The zero-order valence-electron chi connectivity index (χ0n) is 9.63. The first-order chi connectivity index (χ1) is 9.10. The molecule has 19 heavy (non-hydrogen) atoms. The Bertz CT molecular complexity index is 677. The number of rotatable bonds is 3. The number of nitriles is 1. The molecule has 0 unspecified atom stereocenters. The molecular formula is C14H8BrNO3. The molecule has 1 N–H and O–H groups in total. The highest BCUT2D eigenvalue weighted by atomic mass is 79.9. The van der Waals surface area contributed by atoms with Crippen LogP contribution in [0.25, 0.3) is 11.6 Å². The number of furan rings is 1. The third-order valence-corrected chi connectivity index (χ3v) is 2.87. The van der Waals surface area contributed by atoms with E-state index in [1.54, 1.807) is 30.3 Å². The van der Waals surface area contributed by atoms with Crippen LogP contribution in [0.4, 0.5) is 0 Å². The lowest BCUT2D eigenvalue weighted by atomic mass is 10.0. The van der Waals surface area contributed by atoms with E-state index in [0.29, 0.717) is 21.6 Å². The zero-order valence-corrected chi connectivity index (χ0v) is 11.2. The Hall–Kier alpha value is -2.32. The van der Waals surface area contributed by atoms with Crippen molar-refractivity contribution in [2.45, 2.75) is 0 Å². The molecule has 5 heteroatoms. The van der Waals surface area contributed by atoms with E-state index in [1.165, 1.54) is 12.1 Å². The van der Waals surface area contributed by atoms with Crippen molar-refractivity contribution in [2.75, 3.05) is 0 Å². The number of allylic oxidation sites excluding steroid dienone is 1. The fraction of sp³-hybridized carbons (Fsp3) is 0. The third kappa shape index (κ3) is 3.12. The van der Waals surface area contributed by atoms with Gasteiger partial charge < -0.3 is 9.52 Å². The Kier molecular flexibility index (Phi) is 3.83. The molecule has 2 rings (SSSR count). The molecule has 2 aromatic rings. The van der Waals surface area contributed by atoms with Gasteiger partial charge in [-0.3, -0.25) is 0 Å². The molecule has 0 bridgehead atoms. The lowest BCUT2D eigenvalue weighted by Gasteiger charge is -1.99. The van der Waals surface area contributed by atoms with Crippen LogP contribution in [0.2, 0.25) is 0 Å². The predicted octanol–water partition coefficient (Wildman–Crippen LogP) is 3.80. The van der Waals surface area contributed by atoms with Gasteiger partial charge in [0, 0.05) is 0 Å². The van der Waals surface area contributed by atoms with Crippen molar-refractivity contribution in [2.24, 2.45) is 0 Å². The Labute approximate surface area is 117 Å². The van der Waals surface area contributed by atoms with Crippen LogP contribution in [0, 0.1) is 11.3 Å². The molecule has 4 nitrogen and oxygen atoms in total. The summed E-state index contributed by atoms with van der Waals surface area (Å²) < 4.78 is 5.88. The summed E-state index contributed by atoms with van der Waals surface area (Å²) in [6, 6.07) is 11.6. The van der Waals surface area contributed by atoms with Gasteiger partial charge in [-0.15, -0.1) is 0 Å². The first kappa shape index (κ1) is 13.1. The monoisotopic (exact) mass is 317 g/mol. The van der Waals surface area contributed by atoms with E-state index in [4.69, 9.17) is 14.8 Å². The summed E-state index contributed by atoms with van der Waals surface area (Å²) in [4.78, 5) is 10.7. The highest BCUT2D eigenvalue weighted by Crippen LogP contribution is 2.21. The van der Waals surface area contributed by atoms with Crippen LogP contribution in [0.5, 0.6) is 0 Å². The number of halogens is 1. The minimum Gasteiger partial charge on any atom is -0.478 e. The number of aromatic carboxylic acids is 1. The lowest BCUT2D eigenvalue weighted by Crippen LogP contribution is -1.95. The fourth-order valence-electron chi connectivity index (χ4n) is 1.52. The number of carbonyl (C=O) groups is 1. The first-order valence-electron chi connectivity index (χ1n) is 5.31. The van der Waals surface area contributed by atoms with Gasteiger partial charge in [0.05, 0.1) is 17.2 Å². The number of nitrogens with zero attached hydrogens (tertiary/aromatic N) is 1. The van der Waals surface area contributed by atoms with E-state index in [2.05, 4.69) is 22.0 Å². The van der Waals surface area contributed by atoms with Gasteiger partial charge in [0.15, 0.2) is 4.67 Å². The normalized spacial score (nSPS) is 11.1. The maximum absolute atomic E-state index is 10.7. The van der Waals surface area contributed by atoms with Crippen LogP contribution in [-0.2, 0) is 0 Å². The van der Waals surface area contributed by atoms with E-state index in [0.717, 1.165) is 0 Å². The second kappa shape index (κ2) is 5.55. The molecule has 0 aliphatic rings. The summed E-state index contributed by atoms with van der Waals surface area (Å²) in [6.45, 7) is 0. The van der Waals surface area contributed by atoms with Gasteiger partial charge in [-0.05, 0) is 51.8 Å². The maximum Gasteiger partial charge on any atom is 0.335 e. The van der Waals surface area contributed by atoms with E-state index in [9.17, 15) is 4.79 Å². The molecule has 0 fully saturated rings. The summed E-state index contributed by atoms with van der Waals surface area (Å²) in [6.07, 6.45) is 1.60.